The Morgan fingerprint density at radius 2 is 2.00 bits per heavy atom. The highest BCUT2D eigenvalue weighted by atomic mass is 16.5. The Morgan fingerprint density at radius 3 is 2.63 bits per heavy atom. The number of carboxylic acids is 1. The van der Waals surface area contributed by atoms with Crippen LogP contribution in [0.5, 0.6) is 11.5 Å². The quantitative estimate of drug-likeness (QED) is 0.850. The van der Waals surface area contributed by atoms with Gasteiger partial charge < -0.3 is 14.9 Å². The third-order valence-electron chi connectivity index (χ3n) is 2.32. The van der Waals surface area contributed by atoms with Gasteiger partial charge in [-0.1, -0.05) is 12.1 Å². The van der Waals surface area contributed by atoms with Crippen molar-refractivity contribution in [3.63, 3.8) is 0 Å². The van der Waals surface area contributed by atoms with Gasteiger partial charge in [0.2, 0.25) is 0 Å². The molecule has 0 aliphatic heterocycles. The van der Waals surface area contributed by atoms with Crippen LogP contribution in [0.4, 0.5) is 0 Å². The lowest BCUT2D eigenvalue weighted by Crippen LogP contribution is -2.05. The number of phenolic OH excluding ortho intramolecular Hbond substituents is 1. The molecule has 6 heteroatoms. The second kappa shape index (κ2) is 5.81. The Bertz CT molecular complexity index is 569. The van der Waals surface area contributed by atoms with Crippen LogP contribution in [-0.4, -0.2) is 32.8 Å². The van der Waals surface area contributed by atoms with E-state index in [1.807, 2.05) is 0 Å². The van der Waals surface area contributed by atoms with E-state index in [0.29, 0.717) is 17.1 Å². The second-order valence-corrected chi connectivity index (χ2v) is 3.78. The van der Waals surface area contributed by atoms with Gasteiger partial charge in [-0.15, -0.1) is 0 Å². The molecule has 0 spiro atoms. The van der Waals surface area contributed by atoms with Crippen molar-refractivity contribution in [1.29, 1.82) is 0 Å². The normalized spacial score (nSPS) is 10.1. The lowest BCUT2D eigenvalue weighted by Gasteiger charge is -2.05. The number of aromatic nitrogens is 2. The zero-order chi connectivity index (χ0) is 13.7. The summed E-state index contributed by atoms with van der Waals surface area (Å²) in [6.07, 6.45) is 2.86. The Hall–Kier alpha value is -2.63. The van der Waals surface area contributed by atoms with E-state index < -0.39 is 5.97 Å². The average Bonchev–Trinajstić information content (AvgIpc) is 2.39. The molecule has 0 bridgehead atoms. The van der Waals surface area contributed by atoms with Gasteiger partial charge in [-0.2, -0.15) is 0 Å². The number of carboxylic acid groups (broad SMARTS) is 1. The molecule has 0 saturated carbocycles. The molecule has 19 heavy (non-hydrogen) atoms. The average molecular weight is 260 g/mol. The Morgan fingerprint density at radius 1 is 1.26 bits per heavy atom. The van der Waals surface area contributed by atoms with Gasteiger partial charge in [-0.25, -0.2) is 9.97 Å². The molecule has 0 unspecified atom stereocenters. The molecular formula is C13H12N2O4. The fourth-order valence-electron chi connectivity index (χ4n) is 1.44. The number of benzene rings is 1. The molecule has 2 N–H and O–H groups in total. The van der Waals surface area contributed by atoms with Crippen molar-refractivity contribution in [2.45, 2.75) is 6.42 Å². The molecule has 2 rings (SSSR count). The third kappa shape index (κ3) is 3.67. The third-order valence-corrected chi connectivity index (χ3v) is 2.32. The van der Waals surface area contributed by atoms with Crippen LogP contribution in [0, 0.1) is 0 Å². The van der Waals surface area contributed by atoms with E-state index in [4.69, 9.17) is 9.84 Å². The predicted octanol–water partition coefficient (Wildman–Crippen LogP) is 1.70. The van der Waals surface area contributed by atoms with E-state index in [1.165, 1.54) is 12.4 Å². The smallest absolute Gasteiger partial charge is 0.306 e. The van der Waals surface area contributed by atoms with Gasteiger partial charge in [-0.05, 0) is 12.1 Å². The molecule has 2 aromatic rings. The zero-order valence-corrected chi connectivity index (χ0v) is 9.98. The van der Waals surface area contributed by atoms with E-state index in [9.17, 15) is 9.90 Å². The van der Waals surface area contributed by atoms with Crippen molar-refractivity contribution < 1.29 is 19.7 Å². The number of phenols is 1. The van der Waals surface area contributed by atoms with Gasteiger partial charge in [-0.3, -0.25) is 4.79 Å². The van der Waals surface area contributed by atoms with E-state index in [0.717, 1.165) is 0 Å². The molecule has 0 radical (unpaired) electrons. The minimum Gasteiger partial charge on any atom is -0.508 e. The molecule has 0 atom stereocenters. The topological polar surface area (TPSA) is 92.5 Å². The van der Waals surface area contributed by atoms with Crippen molar-refractivity contribution in [3.8, 4) is 22.9 Å². The standard InChI is InChI=1S/C13H12N2O4/c16-10-3-1-2-9(6-10)13-14-7-11(8-15-13)19-5-4-12(17)18/h1-3,6-8,16H,4-5H2,(H,17,18). The highest BCUT2D eigenvalue weighted by Gasteiger charge is 2.03. The Balaban J connectivity index is 2.04. The summed E-state index contributed by atoms with van der Waals surface area (Å²) in [5.74, 6) is 0.0896. The number of aromatic hydroxyl groups is 1. The predicted molar refractivity (Wildman–Crippen MR) is 66.9 cm³/mol. The van der Waals surface area contributed by atoms with Crippen molar-refractivity contribution in [3.05, 3.63) is 36.7 Å². The van der Waals surface area contributed by atoms with Crippen molar-refractivity contribution in [2.75, 3.05) is 6.61 Å². The fraction of sp³-hybridized carbons (Fsp3) is 0.154. The van der Waals surface area contributed by atoms with Gasteiger partial charge in [0.1, 0.15) is 5.75 Å². The first-order chi connectivity index (χ1) is 9.15. The van der Waals surface area contributed by atoms with Crippen LogP contribution in [0.3, 0.4) is 0 Å². The van der Waals surface area contributed by atoms with Crippen molar-refractivity contribution in [2.24, 2.45) is 0 Å². The van der Waals surface area contributed by atoms with E-state index in [-0.39, 0.29) is 18.8 Å². The van der Waals surface area contributed by atoms with Crippen LogP contribution in [0.2, 0.25) is 0 Å². The van der Waals surface area contributed by atoms with Crippen LogP contribution >= 0.6 is 0 Å². The fourth-order valence-corrected chi connectivity index (χ4v) is 1.44. The summed E-state index contributed by atoms with van der Waals surface area (Å²) in [4.78, 5) is 18.5. The van der Waals surface area contributed by atoms with E-state index in [1.54, 1.807) is 24.3 Å². The van der Waals surface area contributed by atoms with Gasteiger partial charge in [0.15, 0.2) is 11.6 Å². The highest BCUT2D eigenvalue weighted by molar-refractivity contribution is 5.66. The summed E-state index contributed by atoms with van der Waals surface area (Å²) in [5.41, 5.74) is 0.692. The number of hydrogen-bond donors (Lipinski definition) is 2. The molecule has 0 aliphatic carbocycles. The summed E-state index contributed by atoms with van der Waals surface area (Å²) in [5, 5.41) is 17.8. The zero-order valence-electron chi connectivity index (χ0n) is 9.98. The molecule has 1 aromatic heterocycles. The SMILES string of the molecule is O=C(O)CCOc1cnc(-c2cccc(O)c2)nc1. The van der Waals surface area contributed by atoms with Crippen molar-refractivity contribution in [1.82, 2.24) is 9.97 Å². The van der Waals surface area contributed by atoms with E-state index in [2.05, 4.69) is 9.97 Å². The minimum absolute atomic E-state index is 0.0736. The summed E-state index contributed by atoms with van der Waals surface area (Å²) in [6, 6.07) is 6.60. The van der Waals surface area contributed by atoms with Crippen molar-refractivity contribution >= 4 is 5.97 Å². The number of rotatable bonds is 5. The summed E-state index contributed by atoms with van der Waals surface area (Å²) >= 11 is 0. The molecule has 1 heterocycles. The Kier molecular flexibility index (Phi) is 3.92. The maximum atomic E-state index is 10.3. The number of ether oxygens (including phenoxy) is 1. The molecule has 0 amide bonds. The minimum atomic E-state index is -0.919. The molecule has 6 nitrogen and oxygen atoms in total. The Labute approximate surface area is 109 Å². The van der Waals surface area contributed by atoms with Gasteiger partial charge >= 0.3 is 5.97 Å². The van der Waals surface area contributed by atoms with Crippen LogP contribution in [-0.2, 0) is 4.79 Å². The molecule has 0 aliphatic rings. The van der Waals surface area contributed by atoms with Crippen LogP contribution < -0.4 is 4.74 Å². The lowest BCUT2D eigenvalue weighted by molar-refractivity contribution is -0.137. The lowest BCUT2D eigenvalue weighted by atomic mass is 10.2. The molecule has 0 saturated heterocycles. The largest absolute Gasteiger partial charge is 0.508 e. The van der Waals surface area contributed by atoms with Crippen LogP contribution in [0.1, 0.15) is 6.42 Å². The number of hydrogen-bond acceptors (Lipinski definition) is 5. The monoisotopic (exact) mass is 260 g/mol. The molecular weight excluding hydrogens is 248 g/mol. The summed E-state index contributed by atoms with van der Waals surface area (Å²) < 4.78 is 5.18. The maximum absolute atomic E-state index is 10.3. The molecule has 0 fully saturated rings. The highest BCUT2D eigenvalue weighted by Crippen LogP contribution is 2.20. The summed E-state index contributed by atoms with van der Waals surface area (Å²) in [6.45, 7) is 0.0736. The van der Waals surface area contributed by atoms with Crippen LogP contribution in [0.15, 0.2) is 36.7 Å². The number of carbonyl (C=O) groups is 1. The molecule has 98 valence electrons. The van der Waals surface area contributed by atoms with Gasteiger partial charge in [0.25, 0.3) is 0 Å². The first kappa shape index (κ1) is 12.8. The number of nitrogens with zero attached hydrogens (tertiary/aromatic N) is 2. The van der Waals surface area contributed by atoms with Gasteiger partial charge in [0, 0.05) is 5.56 Å². The second-order valence-electron chi connectivity index (χ2n) is 3.78. The number of aliphatic carboxylic acids is 1. The van der Waals surface area contributed by atoms with E-state index >= 15 is 0 Å². The van der Waals surface area contributed by atoms with Gasteiger partial charge in [0.05, 0.1) is 25.4 Å². The first-order valence-electron chi connectivity index (χ1n) is 5.61. The summed E-state index contributed by atoms with van der Waals surface area (Å²) in [7, 11) is 0. The first-order valence-corrected chi connectivity index (χ1v) is 5.61. The maximum Gasteiger partial charge on any atom is 0.306 e. The van der Waals surface area contributed by atoms with Crippen LogP contribution in [0.25, 0.3) is 11.4 Å². The molecule has 1 aromatic carbocycles.